The molecule has 0 aliphatic rings. The number of benzene rings is 1. The van der Waals surface area contributed by atoms with E-state index in [1.54, 1.807) is 36.9 Å². The highest BCUT2D eigenvalue weighted by Crippen LogP contribution is 2.25. The number of halogens is 1. The number of rotatable bonds is 5. The van der Waals surface area contributed by atoms with Crippen LogP contribution in [0.4, 0.5) is 4.39 Å². The van der Waals surface area contributed by atoms with E-state index in [1.165, 1.54) is 0 Å². The summed E-state index contributed by atoms with van der Waals surface area (Å²) < 4.78 is 15.5. The van der Waals surface area contributed by atoms with E-state index in [4.69, 9.17) is 0 Å². The van der Waals surface area contributed by atoms with E-state index in [1.807, 2.05) is 0 Å². The summed E-state index contributed by atoms with van der Waals surface area (Å²) in [5, 5.41) is 4.46. The molecule has 4 heteroatoms. The molecule has 0 amide bonds. The Morgan fingerprint density at radius 2 is 1.95 bits per heavy atom. The van der Waals surface area contributed by atoms with E-state index in [9.17, 15) is 9.18 Å². The summed E-state index contributed by atoms with van der Waals surface area (Å²) in [6.07, 6.45) is 4.64. The third kappa shape index (κ3) is 2.79. The Hall–Kier alpha value is -1.97. The highest BCUT2D eigenvalue weighted by atomic mass is 19.1. The van der Waals surface area contributed by atoms with Crippen molar-refractivity contribution in [2.24, 2.45) is 0 Å². The van der Waals surface area contributed by atoms with Gasteiger partial charge in [-0.25, -0.2) is 4.39 Å². The first-order valence-corrected chi connectivity index (χ1v) is 6.86. The van der Waals surface area contributed by atoms with Crippen LogP contribution in [0, 0.1) is 19.7 Å². The van der Waals surface area contributed by atoms with Gasteiger partial charge in [0.2, 0.25) is 0 Å². The van der Waals surface area contributed by atoms with E-state index in [-0.39, 0.29) is 5.82 Å². The molecule has 0 aliphatic heterocycles. The predicted octanol–water partition coefficient (Wildman–Crippen LogP) is 3.92. The third-order valence-corrected chi connectivity index (χ3v) is 3.37. The van der Waals surface area contributed by atoms with Crippen molar-refractivity contribution >= 4 is 6.29 Å². The summed E-state index contributed by atoms with van der Waals surface area (Å²) in [5.74, 6) is -0.202. The molecule has 0 N–H and O–H groups in total. The van der Waals surface area contributed by atoms with Gasteiger partial charge in [0.25, 0.3) is 0 Å². The maximum atomic E-state index is 13.7. The lowest BCUT2D eigenvalue weighted by Gasteiger charge is -2.05. The zero-order valence-electron chi connectivity index (χ0n) is 12.1. The maximum Gasteiger partial charge on any atom is 0.153 e. The van der Waals surface area contributed by atoms with E-state index >= 15 is 0 Å². The van der Waals surface area contributed by atoms with Crippen molar-refractivity contribution in [1.82, 2.24) is 9.78 Å². The fourth-order valence-corrected chi connectivity index (χ4v) is 2.26. The molecule has 20 heavy (non-hydrogen) atoms. The molecule has 1 aromatic heterocycles. The number of unbranched alkanes of at least 4 members (excludes halogenated alkanes) is 1. The van der Waals surface area contributed by atoms with E-state index < -0.39 is 0 Å². The first-order valence-electron chi connectivity index (χ1n) is 6.86. The second-order valence-corrected chi connectivity index (χ2v) is 5.09. The highest BCUT2D eigenvalue weighted by molar-refractivity contribution is 5.85. The zero-order chi connectivity index (χ0) is 14.7. The molecule has 0 bridgehead atoms. The monoisotopic (exact) mass is 274 g/mol. The smallest absolute Gasteiger partial charge is 0.153 e. The second kappa shape index (κ2) is 5.99. The van der Waals surface area contributed by atoms with Crippen LogP contribution < -0.4 is 0 Å². The standard InChI is InChI=1S/C16H19FN2O/c1-4-5-6-19-9-14(10-20)16(18-19)13-7-11(2)15(17)12(3)8-13/h7-10H,4-6H2,1-3H3. The number of aldehydes is 1. The minimum atomic E-state index is -0.202. The summed E-state index contributed by atoms with van der Waals surface area (Å²) in [4.78, 5) is 11.2. The number of carbonyl (C=O) groups is 1. The van der Waals surface area contributed by atoms with Gasteiger partial charge in [-0.3, -0.25) is 9.48 Å². The van der Waals surface area contributed by atoms with Gasteiger partial charge in [-0.15, -0.1) is 0 Å². The zero-order valence-corrected chi connectivity index (χ0v) is 12.1. The molecule has 0 unspecified atom stereocenters. The minimum absolute atomic E-state index is 0.202. The molecule has 1 heterocycles. The summed E-state index contributed by atoms with van der Waals surface area (Å²) in [5.41, 5.74) is 3.10. The molecular weight excluding hydrogens is 255 g/mol. The number of hydrogen-bond acceptors (Lipinski definition) is 2. The second-order valence-electron chi connectivity index (χ2n) is 5.09. The Labute approximate surface area is 118 Å². The van der Waals surface area contributed by atoms with Gasteiger partial charge in [0, 0.05) is 18.3 Å². The van der Waals surface area contributed by atoms with Crippen molar-refractivity contribution in [3.8, 4) is 11.3 Å². The molecule has 106 valence electrons. The van der Waals surface area contributed by atoms with Crippen LogP contribution in [0.15, 0.2) is 18.3 Å². The third-order valence-electron chi connectivity index (χ3n) is 3.37. The molecule has 0 saturated carbocycles. The summed E-state index contributed by atoms with van der Waals surface area (Å²) in [6, 6.07) is 3.48. The number of carbonyl (C=O) groups excluding carboxylic acids is 1. The van der Waals surface area contributed by atoms with Crippen LogP contribution in [0.5, 0.6) is 0 Å². The van der Waals surface area contributed by atoms with Crippen molar-refractivity contribution < 1.29 is 9.18 Å². The van der Waals surface area contributed by atoms with Crippen molar-refractivity contribution in [1.29, 1.82) is 0 Å². The van der Waals surface area contributed by atoms with E-state index in [0.717, 1.165) is 31.2 Å². The van der Waals surface area contributed by atoms with E-state index in [0.29, 0.717) is 22.4 Å². The average molecular weight is 274 g/mol. The van der Waals surface area contributed by atoms with Crippen LogP contribution in [0.25, 0.3) is 11.3 Å². The van der Waals surface area contributed by atoms with Crippen LogP contribution in [0.2, 0.25) is 0 Å². The van der Waals surface area contributed by atoms with Crippen molar-refractivity contribution in [2.75, 3.05) is 0 Å². The largest absolute Gasteiger partial charge is 0.298 e. The number of nitrogens with zero attached hydrogens (tertiary/aromatic N) is 2. The lowest BCUT2D eigenvalue weighted by atomic mass is 10.0. The van der Waals surface area contributed by atoms with Gasteiger partial charge in [-0.2, -0.15) is 5.10 Å². The molecular formula is C16H19FN2O. The topological polar surface area (TPSA) is 34.9 Å². The first-order chi connectivity index (χ1) is 9.56. The summed E-state index contributed by atoms with van der Waals surface area (Å²) in [7, 11) is 0. The van der Waals surface area contributed by atoms with Gasteiger partial charge < -0.3 is 0 Å². The lowest BCUT2D eigenvalue weighted by Crippen LogP contribution is -1.98. The van der Waals surface area contributed by atoms with Crippen molar-refractivity contribution in [2.45, 2.75) is 40.2 Å². The van der Waals surface area contributed by atoms with Gasteiger partial charge in [-0.1, -0.05) is 13.3 Å². The van der Waals surface area contributed by atoms with Gasteiger partial charge in [0.05, 0.1) is 5.56 Å². The Morgan fingerprint density at radius 3 is 2.50 bits per heavy atom. The van der Waals surface area contributed by atoms with Crippen LogP contribution >= 0.6 is 0 Å². The fourth-order valence-electron chi connectivity index (χ4n) is 2.26. The molecule has 2 rings (SSSR count). The highest BCUT2D eigenvalue weighted by Gasteiger charge is 2.13. The van der Waals surface area contributed by atoms with Crippen molar-refractivity contribution in [3.63, 3.8) is 0 Å². The number of aryl methyl sites for hydroxylation is 3. The number of aromatic nitrogens is 2. The Morgan fingerprint density at radius 1 is 1.30 bits per heavy atom. The number of hydrogen-bond donors (Lipinski definition) is 0. The van der Waals surface area contributed by atoms with E-state index in [2.05, 4.69) is 12.0 Å². The fraction of sp³-hybridized carbons (Fsp3) is 0.375. The van der Waals surface area contributed by atoms with Crippen LogP contribution in [0.1, 0.15) is 41.3 Å². The molecule has 0 radical (unpaired) electrons. The van der Waals surface area contributed by atoms with Crippen LogP contribution in [-0.2, 0) is 6.54 Å². The van der Waals surface area contributed by atoms with Gasteiger partial charge in [0.15, 0.2) is 6.29 Å². The summed E-state index contributed by atoms with van der Waals surface area (Å²) in [6.45, 7) is 6.34. The average Bonchev–Trinajstić information content (AvgIpc) is 2.85. The normalized spacial score (nSPS) is 10.8. The molecule has 0 aliphatic carbocycles. The molecule has 0 spiro atoms. The Bertz CT molecular complexity index is 608. The van der Waals surface area contributed by atoms with Crippen molar-refractivity contribution in [3.05, 3.63) is 40.8 Å². The molecule has 1 aromatic carbocycles. The molecule has 0 fully saturated rings. The molecule has 0 atom stereocenters. The van der Waals surface area contributed by atoms with Gasteiger partial charge in [-0.05, 0) is 43.5 Å². The predicted molar refractivity (Wildman–Crippen MR) is 77.4 cm³/mol. The maximum absolute atomic E-state index is 13.7. The molecule has 2 aromatic rings. The Kier molecular flexibility index (Phi) is 4.32. The molecule has 0 saturated heterocycles. The SMILES string of the molecule is CCCCn1cc(C=O)c(-c2cc(C)c(F)c(C)c2)n1. The molecule has 3 nitrogen and oxygen atoms in total. The Balaban J connectivity index is 2.46. The van der Waals surface area contributed by atoms with Crippen LogP contribution in [-0.4, -0.2) is 16.1 Å². The lowest BCUT2D eigenvalue weighted by molar-refractivity contribution is 0.112. The van der Waals surface area contributed by atoms with Gasteiger partial charge >= 0.3 is 0 Å². The van der Waals surface area contributed by atoms with Gasteiger partial charge in [0.1, 0.15) is 11.5 Å². The summed E-state index contributed by atoms with van der Waals surface area (Å²) >= 11 is 0. The first kappa shape index (κ1) is 14.4. The minimum Gasteiger partial charge on any atom is -0.298 e. The van der Waals surface area contributed by atoms with Crippen LogP contribution in [0.3, 0.4) is 0 Å². The quantitative estimate of drug-likeness (QED) is 0.775.